The molecule has 0 fully saturated rings. The predicted octanol–water partition coefficient (Wildman–Crippen LogP) is 5.79. The molecule has 0 saturated heterocycles. The van der Waals surface area contributed by atoms with Gasteiger partial charge in [-0.2, -0.15) is 0 Å². The first-order valence-corrected chi connectivity index (χ1v) is 9.73. The fourth-order valence-electron chi connectivity index (χ4n) is 3.29. The summed E-state index contributed by atoms with van der Waals surface area (Å²) >= 11 is 0. The average molecular weight is 398 g/mol. The summed E-state index contributed by atoms with van der Waals surface area (Å²) in [6.07, 6.45) is 0. The molecule has 1 aromatic heterocycles. The molecule has 0 aliphatic heterocycles. The van der Waals surface area contributed by atoms with E-state index < -0.39 is 0 Å². The molecule has 0 aliphatic carbocycles. The van der Waals surface area contributed by atoms with E-state index in [1.54, 1.807) is 12.1 Å². The normalized spacial score (nSPS) is 10.6. The number of carbonyl (C=O) groups is 1. The maximum atomic E-state index is 13.1. The van der Waals surface area contributed by atoms with Gasteiger partial charge in [0.2, 0.25) is 0 Å². The Bertz CT molecular complexity index is 1150. The lowest BCUT2D eigenvalue weighted by Crippen LogP contribution is -2.14. The standard InChI is InChI=1S/C25H22N2O3/c1-17-22(18(2)30-27-17)16-29-24-15-9-7-13-21(24)25(28)26-23-14-8-6-12-20(23)19-10-4-3-5-11-19/h3-15H,16H2,1-2H3,(H,26,28). The van der Waals surface area contributed by atoms with Crippen LogP contribution < -0.4 is 10.1 Å². The lowest BCUT2D eigenvalue weighted by atomic mass is 10.0. The first-order valence-electron chi connectivity index (χ1n) is 9.73. The monoisotopic (exact) mass is 398 g/mol. The molecule has 0 aliphatic rings. The van der Waals surface area contributed by atoms with Crippen LogP contribution in [0.5, 0.6) is 5.75 Å². The Morgan fingerprint density at radius 3 is 2.40 bits per heavy atom. The van der Waals surface area contributed by atoms with E-state index in [9.17, 15) is 4.79 Å². The van der Waals surface area contributed by atoms with E-state index in [0.29, 0.717) is 17.1 Å². The molecular formula is C25H22N2O3. The second kappa shape index (κ2) is 8.66. The van der Waals surface area contributed by atoms with E-state index in [1.807, 2.05) is 80.6 Å². The zero-order chi connectivity index (χ0) is 20.9. The summed E-state index contributed by atoms with van der Waals surface area (Å²) < 4.78 is 11.1. The number of ether oxygens (including phenoxy) is 1. The Labute approximate surface area is 175 Å². The van der Waals surface area contributed by atoms with E-state index in [0.717, 1.165) is 28.1 Å². The number of carbonyl (C=O) groups excluding carboxylic acids is 1. The maximum Gasteiger partial charge on any atom is 0.259 e. The molecule has 1 amide bonds. The van der Waals surface area contributed by atoms with Crippen molar-refractivity contribution in [3.8, 4) is 16.9 Å². The number of nitrogens with zero attached hydrogens (tertiary/aromatic N) is 1. The second-order valence-electron chi connectivity index (χ2n) is 6.95. The number of para-hydroxylation sites is 2. The lowest BCUT2D eigenvalue weighted by Gasteiger charge is -2.14. The Hall–Kier alpha value is -3.86. The topological polar surface area (TPSA) is 64.4 Å². The minimum Gasteiger partial charge on any atom is -0.488 e. The summed E-state index contributed by atoms with van der Waals surface area (Å²) in [5.74, 6) is 0.992. The highest BCUT2D eigenvalue weighted by Gasteiger charge is 2.16. The first-order chi connectivity index (χ1) is 14.6. The third-order valence-corrected chi connectivity index (χ3v) is 4.94. The van der Waals surface area contributed by atoms with Crippen molar-refractivity contribution < 1.29 is 14.1 Å². The van der Waals surface area contributed by atoms with E-state index >= 15 is 0 Å². The zero-order valence-electron chi connectivity index (χ0n) is 16.9. The van der Waals surface area contributed by atoms with Crippen molar-refractivity contribution in [1.29, 1.82) is 0 Å². The van der Waals surface area contributed by atoms with Gasteiger partial charge in [-0.3, -0.25) is 4.79 Å². The Balaban J connectivity index is 1.57. The van der Waals surface area contributed by atoms with Gasteiger partial charge in [-0.15, -0.1) is 0 Å². The molecule has 4 aromatic rings. The van der Waals surface area contributed by atoms with Crippen LogP contribution in [0.2, 0.25) is 0 Å². The fraction of sp³-hybridized carbons (Fsp3) is 0.120. The predicted molar refractivity (Wildman–Crippen MR) is 117 cm³/mol. The van der Waals surface area contributed by atoms with Crippen molar-refractivity contribution in [3.63, 3.8) is 0 Å². The van der Waals surface area contributed by atoms with Crippen LogP contribution in [0, 0.1) is 13.8 Å². The van der Waals surface area contributed by atoms with E-state index in [-0.39, 0.29) is 12.5 Å². The summed E-state index contributed by atoms with van der Waals surface area (Å²) in [5.41, 5.74) is 4.88. The van der Waals surface area contributed by atoms with Crippen LogP contribution in [0.25, 0.3) is 11.1 Å². The molecule has 0 spiro atoms. The summed E-state index contributed by atoms with van der Waals surface area (Å²) in [7, 11) is 0. The van der Waals surface area contributed by atoms with Gasteiger partial charge in [-0.05, 0) is 37.6 Å². The molecule has 0 unspecified atom stereocenters. The van der Waals surface area contributed by atoms with Gasteiger partial charge in [0.25, 0.3) is 5.91 Å². The van der Waals surface area contributed by atoms with Crippen molar-refractivity contribution in [2.75, 3.05) is 5.32 Å². The number of rotatable bonds is 6. The van der Waals surface area contributed by atoms with Gasteiger partial charge >= 0.3 is 0 Å². The lowest BCUT2D eigenvalue weighted by molar-refractivity contribution is 0.102. The number of hydrogen-bond acceptors (Lipinski definition) is 4. The van der Waals surface area contributed by atoms with Gasteiger partial charge in [0, 0.05) is 11.3 Å². The van der Waals surface area contributed by atoms with Crippen molar-refractivity contribution in [2.24, 2.45) is 0 Å². The summed E-state index contributed by atoms with van der Waals surface area (Å²) in [6, 6.07) is 24.9. The molecule has 0 saturated carbocycles. The number of benzene rings is 3. The minimum atomic E-state index is -0.229. The molecular weight excluding hydrogens is 376 g/mol. The molecule has 1 heterocycles. The molecule has 0 radical (unpaired) electrons. The van der Waals surface area contributed by atoms with Crippen LogP contribution >= 0.6 is 0 Å². The Morgan fingerprint density at radius 1 is 0.933 bits per heavy atom. The number of anilines is 1. The Morgan fingerprint density at radius 2 is 1.63 bits per heavy atom. The van der Waals surface area contributed by atoms with Gasteiger partial charge in [0.05, 0.1) is 16.8 Å². The van der Waals surface area contributed by atoms with E-state index in [4.69, 9.17) is 9.26 Å². The molecule has 0 atom stereocenters. The largest absolute Gasteiger partial charge is 0.488 e. The average Bonchev–Trinajstić information content (AvgIpc) is 3.10. The first kappa shape index (κ1) is 19.5. The number of nitrogens with one attached hydrogen (secondary N) is 1. The van der Waals surface area contributed by atoms with Crippen LogP contribution in [0.4, 0.5) is 5.69 Å². The molecule has 5 heteroatoms. The number of aryl methyl sites for hydroxylation is 2. The molecule has 0 bridgehead atoms. The summed E-state index contributed by atoms with van der Waals surface area (Å²) in [4.78, 5) is 13.1. The maximum absolute atomic E-state index is 13.1. The highest BCUT2D eigenvalue weighted by atomic mass is 16.5. The highest BCUT2D eigenvalue weighted by Crippen LogP contribution is 2.29. The van der Waals surface area contributed by atoms with Gasteiger partial charge < -0.3 is 14.6 Å². The van der Waals surface area contributed by atoms with E-state index in [1.165, 1.54) is 0 Å². The van der Waals surface area contributed by atoms with Gasteiger partial charge in [-0.25, -0.2) is 0 Å². The van der Waals surface area contributed by atoms with Gasteiger partial charge in [-0.1, -0.05) is 65.8 Å². The highest BCUT2D eigenvalue weighted by molar-refractivity contribution is 6.08. The second-order valence-corrected chi connectivity index (χ2v) is 6.95. The molecule has 5 nitrogen and oxygen atoms in total. The van der Waals surface area contributed by atoms with Crippen LogP contribution in [0.3, 0.4) is 0 Å². The Kier molecular flexibility index (Phi) is 5.61. The van der Waals surface area contributed by atoms with Crippen molar-refractivity contribution >= 4 is 11.6 Å². The van der Waals surface area contributed by atoms with E-state index in [2.05, 4.69) is 10.5 Å². The van der Waals surface area contributed by atoms with Crippen molar-refractivity contribution in [2.45, 2.75) is 20.5 Å². The molecule has 30 heavy (non-hydrogen) atoms. The summed E-state index contributed by atoms with van der Waals surface area (Å²) in [5, 5.41) is 6.98. The van der Waals surface area contributed by atoms with Crippen molar-refractivity contribution in [1.82, 2.24) is 5.16 Å². The molecule has 4 rings (SSSR count). The van der Waals surface area contributed by atoms with Crippen LogP contribution in [-0.2, 0) is 6.61 Å². The van der Waals surface area contributed by atoms with Gasteiger partial charge in [0.1, 0.15) is 18.1 Å². The van der Waals surface area contributed by atoms with Crippen LogP contribution in [0.1, 0.15) is 27.4 Å². The van der Waals surface area contributed by atoms with Crippen LogP contribution in [-0.4, -0.2) is 11.1 Å². The number of amides is 1. The number of aromatic nitrogens is 1. The molecule has 3 aromatic carbocycles. The SMILES string of the molecule is Cc1noc(C)c1COc1ccccc1C(=O)Nc1ccccc1-c1ccccc1. The van der Waals surface area contributed by atoms with Crippen LogP contribution in [0.15, 0.2) is 83.4 Å². The van der Waals surface area contributed by atoms with Gasteiger partial charge in [0.15, 0.2) is 0 Å². The molecule has 1 N–H and O–H groups in total. The third kappa shape index (κ3) is 4.10. The third-order valence-electron chi connectivity index (χ3n) is 4.94. The number of hydrogen-bond donors (Lipinski definition) is 1. The molecule has 150 valence electrons. The summed E-state index contributed by atoms with van der Waals surface area (Å²) in [6.45, 7) is 4.00. The van der Waals surface area contributed by atoms with Crippen molar-refractivity contribution in [3.05, 3.63) is 101 Å². The minimum absolute atomic E-state index is 0.229. The quantitative estimate of drug-likeness (QED) is 0.446. The fourth-order valence-corrected chi connectivity index (χ4v) is 3.29. The smallest absolute Gasteiger partial charge is 0.259 e. The zero-order valence-corrected chi connectivity index (χ0v) is 16.9.